The van der Waals surface area contributed by atoms with Crippen molar-refractivity contribution in [3.63, 3.8) is 0 Å². The summed E-state index contributed by atoms with van der Waals surface area (Å²) in [7, 11) is 0. The summed E-state index contributed by atoms with van der Waals surface area (Å²) >= 11 is 0.843. The lowest BCUT2D eigenvalue weighted by Gasteiger charge is -2.12. The second-order valence-corrected chi connectivity index (χ2v) is 7.12. The third-order valence-corrected chi connectivity index (χ3v) is 5.01. The lowest BCUT2D eigenvalue weighted by atomic mass is 10.1. The van der Waals surface area contributed by atoms with Crippen molar-refractivity contribution < 1.29 is 19.1 Å². The van der Waals surface area contributed by atoms with E-state index in [0.29, 0.717) is 22.9 Å². The fourth-order valence-electron chi connectivity index (χ4n) is 2.67. The zero-order valence-corrected chi connectivity index (χ0v) is 16.4. The van der Waals surface area contributed by atoms with Crippen LogP contribution in [0.2, 0.25) is 0 Å². The molecule has 7 heteroatoms. The smallest absolute Gasteiger partial charge is 0.294 e. The number of hydrogen-bond donors (Lipinski definition) is 1. The van der Waals surface area contributed by atoms with Crippen molar-refractivity contribution in [3.8, 4) is 5.75 Å². The highest BCUT2D eigenvalue weighted by atomic mass is 32.2. The molecule has 144 valence electrons. The highest BCUT2D eigenvalue weighted by Gasteiger charge is 2.36. The number of carbonyl (C=O) groups excluding carboxylic acids is 3. The zero-order valence-electron chi connectivity index (χ0n) is 15.6. The number of imide groups is 1. The van der Waals surface area contributed by atoms with Crippen LogP contribution in [0.25, 0.3) is 6.08 Å². The van der Waals surface area contributed by atoms with Gasteiger partial charge in [-0.3, -0.25) is 19.3 Å². The van der Waals surface area contributed by atoms with Gasteiger partial charge in [-0.2, -0.15) is 0 Å². The van der Waals surface area contributed by atoms with Crippen LogP contribution in [0.15, 0.2) is 53.4 Å². The Balaban J connectivity index is 1.65. The number of amides is 3. The molecule has 0 radical (unpaired) electrons. The van der Waals surface area contributed by atoms with Crippen LogP contribution in [-0.2, 0) is 9.59 Å². The average molecular weight is 396 g/mol. The molecule has 1 saturated heterocycles. The normalized spacial score (nSPS) is 15.2. The van der Waals surface area contributed by atoms with E-state index in [9.17, 15) is 14.4 Å². The minimum Gasteiger partial charge on any atom is -0.494 e. The number of nitrogens with zero attached hydrogens (tertiary/aromatic N) is 1. The second kappa shape index (κ2) is 8.75. The first-order valence-electron chi connectivity index (χ1n) is 8.81. The van der Waals surface area contributed by atoms with Gasteiger partial charge in [-0.15, -0.1) is 0 Å². The predicted octanol–water partition coefficient (Wildman–Crippen LogP) is 4.07. The molecule has 2 aromatic carbocycles. The molecule has 3 rings (SSSR count). The van der Waals surface area contributed by atoms with Crippen molar-refractivity contribution in [3.05, 3.63) is 64.6 Å². The minimum atomic E-state index is -0.458. The Kier molecular flexibility index (Phi) is 6.16. The van der Waals surface area contributed by atoms with E-state index in [4.69, 9.17) is 4.74 Å². The molecule has 0 atom stereocenters. The largest absolute Gasteiger partial charge is 0.494 e. The van der Waals surface area contributed by atoms with Crippen LogP contribution < -0.4 is 10.1 Å². The van der Waals surface area contributed by atoms with E-state index in [0.717, 1.165) is 27.8 Å². The number of ether oxygens (including phenoxy) is 1. The first kappa shape index (κ1) is 19.7. The molecular formula is C21H20N2O4S. The summed E-state index contributed by atoms with van der Waals surface area (Å²) < 4.78 is 5.35. The monoisotopic (exact) mass is 396 g/mol. The van der Waals surface area contributed by atoms with Gasteiger partial charge in [-0.05, 0) is 67.1 Å². The Labute approximate surface area is 167 Å². The van der Waals surface area contributed by atoms with Crippen molar-refractivity contribution in [2.24, 2.45) is 0 Å². The van der Waals surface area contributed by atoms with Crippen molar-refractivity contribution in [2.75, 3.05) is 18.5 Å². The average Bonchev–Trinajstić information content (AvgIpc) is 2.93. The predicted molar refractivity (Wildman–Crippen MR) is 110 cm³/mol. The van der Waals surface area contributed by atoms with Crippen molar-refractivity contribution in [1.82, 2.24) is 4.90 Å². The van der Waals surface area contributed by atoms with Gasteiger partial charge in [0, 0.05) is 5.69 Å². The van der Waals surface area contributed by atoms with E-state index in [1.807, 2.05) is 38.1 Å². The molecule has 0 aromatic heterocycles. The lowest BCUT2D eigenvalue weighted by Crippen LogP contribution is -2.36. The van der Waals surface area contributed by atoms with Crippen LogP contribution in [0.4, 0.5) is 10.5 Å². The van der Waals surface area contributed by atoms with Gasteiger partial charge in [-0.1, -0.05) is 24.3 Å². The van der Waals surface area contributed by atoms with Crippen LogP contribution >= 0.6 is 11.8 Å². The first-order chi connectivity index (χ1) is 13.5. The summed E-state index contributed by atoms with van der Waals surface area (Å²) in [5, 5.41) is 2.23. The zero-order chi connectivity index (χ0) is 20.1. The van der Waals surface area contributed by atoms with Crippen LogP contribution in [0.3, 0.4) is 0 Å². The number of nitrogens with one attached hydrogen (secondary N) is 1. The Morgan fingerprint density at radius 2 is 1.86 bits per heavy atom. The summed E-state index contributed by atoms with van der Waals surface area (Å²) in [6, 6.07) is 14.5. The van der Waals surface area contributed by atoms with E-state index >= 15 is 0 Å². The molecule has 3 amide bonds. The fourth-order valence-corrected chi connectivity index (χ4v) is 3.50. The van der Waals surface area contributed by atoms with E-state index in [1.54, 1.807) is 30.3 Å². The number of hydrogen-bond acceptors (Lipinski definition) is 5. The van der Waals surface area contributed by atoms with Gasteiger partial charge in [0.1, 0.15) is 12.3 Å². The maximum Gasteiger partial charge on any atom is 0.294 e. The van der Waals surface area contributed by atoms with Gasteiger partial charge in [0.25, 0.3) is 11.1 Å². The van der Waals surface area contributed by atoms with Crippen LogP contribution in [0.1, 0.15) is 18.1 Å². The van der Waals surface area contributed by atoms with Crippen molar-refractivity contribution >= 4 is 40.6 Å². The molecule has 1 heterocycles. The molecule has 0 unspecified atom stereocenters. The quantitative estimate of drug-likeness (QED) is 0.745. The molecule has 1 aliphatic heterocycles. The highest BCUT2D eigenvalue weighted by molar-refractivity contribution is 8.18. The second-order valence-electron chi connectivity index (χ2n) is 6.13. The minimum absolute atomic E-state index is 0.313. The fraction of sp³-hybridized carbons (Fsp3) is 0.190. The number of carbonyl (C=O) groups is 3. The molecule has 0 saturated carbocycles. The summed E-state index contributed by atoms with van der Waals surface area (Å²) in [5.41, 5.74) is 2.44. The Morgan fingerprint density at radius 3 is 2.54 bits per heavy atom. The Morgan fingerprint density at radius 1 is 1.14 bits per heavy atom. The highest BCUT2D eigenvalue weighted by Crippen LogP contribution is 2.32. The lowest BCUT2D eigenvalue weighted by molar-refractivity contribution is -0.127. The Hall–Kier alpha value is -3.06. The molecule has 1 N–H and O–H groups in total. The molecule has 6 nitrogen and oxygen atoms in total. The summed E-state index contributed by atoms with van der Waals surface area (Å²) in [6.07, 6.45) is 1.69. The van der Waals surface area contributed by atoms with Gasteiger partial charge < -0.3 is 10.1 Å². The van der Waals surface area contributed by atoms with Gasteiger partial charge in [0.15, 0.2) is 0 Å². The summed E-state index contributed by atoms with van der Waals surface area (Å²) in [4.78, 5) is 38.3. The molecule has 1 fully saturated rings. The number of thioether (sulfide) groups is 1. The van der Waals surface area contributed by atoms with E-state index in [2.05, 4.69) is 5.32 Å². The number of anilines is 1. The number of aryl methyl sites for hydroxylation is 1. The van der Waals surface area contributed by atoms with Gasteiger partial charge >= 0.3 is 0 Å². The van der Waals surface area contributed by atoms with Crippen LogP contribution in [-0.4, -0.2) is 35.1 Å². The van der Waals surface area contributed by atoms with Crippen LogP contribution in [0.5, 0.6) is 5.75 Å². The Bertz CT molecular complexity index is 938. The van der Waals surface area contributed by atoms with Crippen molar-refractivity contribution in [2.45, 2.75) is 13.8 Å². The maximum atomic E-state index is 12.6. The van der Waals surface area contributed by atoms with Gasteiger partial charge in [0.2, 0.25) is 5.91 Å². The van der Waals surface area contributed by atoms with Gasteiger partial charge in [-0.25, -0.2) is 0 Å². The SMILES string of the molecule is CCOc1ccc(NC(=O)CN2C(=O)S/C(=C/c3ccccc3C)C2=O)cc1. The topological polar surface area (TPSA) is 75.7 Å². The van der Waals surface area contributed by atoms with Crippen molar-refractivity contribution in [1.29, 1.82) is 0 Å². The molecule has 28 heavy (non-hydrogen) atoms. The van der Waals surface area contributed by atoms with E-state index in [-0.39, 0.29) is 6.54 Å². The number of rotatable bonds is 6. The van der Waals surface area contributed by atoms with Gasteiger partial charge in [0.05, 0.1) is 11.5 Å². The third kappa shape index (κ3) is 4.61. The standard InChI is InChI=1S/C21H20N2O4S/c1-3-27-17-10-8-16(9-11-17)22-19(24)13-23-20(25)18(28-21(23)26)12-15-7-5-4-6-14(15)2/h4-12H,3,13H2,1-2H3,(H,22,24)/b18-12+. The molecule has 1 aliphatic rings. The van der Waals surface area contributed by atoms with E-state index < -0.39 is 17.1 Å². The molecule has 0 aliphatic carbocycles. The maximum absolute atomic E-state index is 12.6. The van der Waals surface area contributed by atoms with E-state index in [1.165, 1.54) is 0 Å². The van der Waals surface area contributed by atoms with Crippen LogP contribution in [0, 0.1) is 6.92 Å². The molecule has 0 bridgehead atoms. The number of benzene rings is 2. The third-order valence-electron chi connectivity index (χ3n) is 4.10. The molecular weight excluding hydrogens is 376 g/mol. The molecule has 2 aromatic rings. The summed E-state index contributed by atoms with van der Waals surface area (Å²) in [5.74, 6) is -0.198. The first-order valence-corrected chi connectivity index (χ1v) is 9.63. The summed E-state index contributed by atoms with van der Waals surface area (Å²) in [6.45, 7) is 4.05. The molecule has 0 spiro atoms.